The fourth-order valence-electron chi connectivity index (χ4n) is 7.32. The molecule has 0 saturated heterocycles. The molecule has 0 spiro atoms. The van der Waals surface area contributed by atoms with Crippen molar-refractivity contribution in [2.24, 2.45) is 5.92 Å². The van der Waals surface area contributed by atoms with Crippen LogP contribution in [0.3, 0.4) is 0 Å². The molecule has 2 atom stereocenters. The third-order valence-electron chi connectivity index (χ3n) is 11.1. The van der Waals surface area contributed by atoms with Crippen LogP contribution in [0.1, 0.15) is 252 Å². The number of unbranched alkanes of at least 4 members (excludes halogenated alkanes) is 25. The van der Waals surface area contributed by atoms with E-state index in [9.17, 15) is 9.90 Å². The topological polar surface area (TPSA) is 99.5 Å². The molecule has 0 radical (unpaired) electrons. The fourth-order valence-corrected chi connectivity index (χ4v) is 7.32. The molecule has 7 nitrogen and oxygen atoms in total. The molecule has 0 aliphatic carbocycles. The molecule has 0 bridgehead atoms. The highest BCUT2D eigenvalue weighted by molar-refractivity contribution is 7.97. The van der Waals surface area contributed by atoms with Gasteiger partial charge in [0, 0.05) is 19.8 Å². The molecular weight excluding hydrogens is 755 g/mol. The van der Waals surface area contributed by atoms with Gasteiger partial charge in [-0.15, -0.1) is 0 Å². The number of carbonyl (C=O) groups excluding carboxylic acids is 1. The highest BCUT2D eigenvalue weighted by atomic mass is 32.2. The zero-order valence-electron chi connectivity index (χ0n) is 40.8. The number of hydrogen-bond donors (Lipinski definition) is 3. The van der Waals surface area contributed by atoms with Gasteiger partial charge in [0.25, 0.3) is 0 Å². The summed E-state index contributed by atoms with van der Waals surface area (Å²) < 4.78 is 11.2. The summed E-state index contributed by atoms with van der Waals surface area (Å²) in [5.41, 5.74) is 0. The molecule has 8 heteroatoms. The fraction of sp³-hybridized carbons (Fsp3) is 0.980. The maximum Gasteiger partial charge on any atom is 0.308 e. The average molecular weight is 862 g/mol. The Labute approximate surface area is 374 Å². The number of hydrogen-bond acceptors (Lipinski definition) is 8. The predicted molar refractivity (Wildman–Crippen MR) is 261 cm³/mol. The van der Waals surface area contributed by atoms with Crippen molar-refractivity contribution < 1.29 is 29.6 Å². The minimum absolute atomic E-state index is 0.0568. The highest BCUT2D eigenvalue weighted by Crippen LogP contribution is 2.21. The van der Waals surface area contributed by atoms with Gasteiger partial charge in [0.15, 0.2) is 6.29 Å². The second-order valence-electron chi connectivity index (χ2n) is 17.2. The monoisotopic (exact) mass is 862 g/mol. The Bertz CT molecular complexity index is 747. The van der Waals surface area contributed by atoms with E-state index in [1.165, 1.54) is 141 Å². The van der Waals surface area contributed by atoms with E-state index in [1.807, 2.05) is 12.5 Å². The normalized spacial score (nSPS) is 12.2. The predicted octanol–water partition coefficient (Wildman–Crippen LogP) is 14.5. The smallest absolute Gasteiger partial charge is 0.308 e. The standard InChI is InChI=1S/C32H65NO4.C17H36O2.C2H6S/c1-3-5-7-9-10-16-24-31(23-15-8-6-4-2)32(36)37-30-22-14-12-18-26-33(27-19-21-29-35)25-17-11-13-20-28-34;1-3-5-7-9-11-13-15-17(18)19-16-14-12-10-8-6-4-2;1-3-2/h31,34-35H,3-30H2,1-2H3;17-18H,3-16H2,1-2H3;1-2H3. The molecule has 0 aromatic heterocycles. The Balaban J connectivity index is -0.00000119. The first-order valence-electron chi connectivity index (χ1n) is 25.7. The van der Waals surface area contributed by atoms with Crippen molar-refractivity contribution >= 4 is 17.7 Å². The first kappa shape index (κ1) is 62.9. The van der Waals surface area contributed by atoms with Crippen LogP contribution in [-0.4, -0.2) is 91.1 Å². The van der Waals surface area contributed by atoms with Gasteiger partial charge in [-0.1, -0.05) is 182 Å². The van der Waals surface area contributed by atoms with Crippen molar-refractivity contribution in [1.82, 2.24) is 4.90 Å². The molecule has 0 heterocycles. The van der Waals surface area contributed by atoms with Gasteiger partial charge in [0.1, 0.15) is 0 Å². The van der Waals surface area contributed by atoms with Gasteiger partial charge < -0.3 is 29.7 Å². The summed E-state index contributed by atoms with van der Waals surface area (Å²) in [7, 11) is 0. The molecule has 0 amide bonds. The Hall–Kier alpha value is -0.380. The molecule has 358 valence electrons. The Morgan fingerprint density at radius 2 is 0.780 bits per heavy atom. The van der Waals surface area contributed by atoms with Crippen LogP contribution in [0.2, 0.25) is 0 Å². The van der Waals surface area contributed by atoms with Crippen molar-refractivity contribution in [3.8, 4) is 0 Å². The van der Waals surface area contributed by atoms with Crippen LogP contribution in [-0.2, 0) is 14.3 Å². The van der Waals surface area contributed by atoms with Crippen LogP contribution in [0.15, 0.2) is 0 Å². The number of aliphatic hydroxyl groups excluding tert-OH is 3. The van der Waals surface area contributed by atoms with Gasteiger partial charge in [0.2, 0.25) is 0 Å². The van der Waals surface area contributed by atoms with Crippen LogP contribution in [0.5, 0.6) is 0 Å². The molecule has 0 fully saturated rings. The number of aliphatic hydroxyl groups is 3. The van der Waals surface area contributed by atoms with Crippen LogP contribution in [0.4, 0.5) is 0 Å². The largest absolute Gasteiger partial charge is 0.465 e. The lowest BCUT2D eigenvalue weighted by Gasteiger charge is -2.22. The highest BCUT2D eigenvalue weighted by Gasteiger charge is 2.19. The summed E-state index contributed by atoms with van der Waals surface area (Å²) in [4.78, 5) is 15.3. The van der Waals surface area contributed by atoms with Crippen LogP contribution >= 0.6 is 11.8 Å². The molecule has 0 rings (SSSR count). The number of thioether (sulfide) groups is 1. The van der Waals surface area contributed by atoms with Crippen molar-refractivity contribution in [2.45, 2.75) is 259 Å². The molecule has 59 heavy (non-hydrogen) atoms. The SMILES string of the molecule is CCCCCCCCC(CCCCCC)C(=O)OCCCCCCN(CCCCO)CCCCCCO.CCCCCCCCOC(O)CCCCCCCC.CSC. The molecular formula is C51H107NO6S. The van der Waals surface area contributed by atoms with E-state index in [0.29, 0.717) is 13.2 Å². The van der Waals surface area contributed by atoms with E-state index >= 15 is 0 Å². The molecule has 0 aromatic rings. The molecule has 3 N–H and O–H groups in total. The lowest BCUT2D eigenvalue weighted by molar-refractivity contribution is -0.149. The van der Waals surface area contributed by atoms with Crippen LogP contribution in [0.25, 0.3) is 0 Å². The first-order valence-corrected chi connectivity index (χ1v) is 27.4. The van der Waals surface area contributed by atoms with Crippen molar-refractivity contribution in [2.75, 3.05) is 58.6 Å². The van der Waals surface area contributed by atoms with Gasteiger partial charge >= 0.3 is 5.97 Å². The van der Waals surface area contributed by atoms with E-state index in [4.69, 9.17) is 19.7 Å². The maximum atomic E-state index is 12.8. The van der Waals surface area contributed by atoms with Gasteiger partial charge in [-0.05, 0) is 103 Å². The van der Waals surface area contributed by atoms with Crippen molar-refractivity contribution in [3.63, 3.8) is 0 Å². The zero-order valence-corrected chi connectivity index (χ0v) is 41.6. The summed E-state index contributed by atoms with van der Waals surface area (Å²) in [6.07, 6.45) is 44.9. The number of nitrogens with zero attached hydrogens (tertiary/aromatic N) is 1. The van der Waals surface area contributed by atoms with E-state index in [-0.39, 0.29) is 18.5 Å². The van der Waals surface area contributed by atoms with Crippen LogP contribution < -0.4 is 0 Å². The van der Waals surface area contributed by atoms with Crippen molar-refractivity contribution in [1.29, 1.82) is 0 Å². The van der Waals surface area contributed by atoms with E-state index in [1.54, 1.807) is 11.8 Å². The average Bonchev–Trinajstić information content (AvgIpc) is 3.23. The Morgan fingerprint density at radius 3 is 1.24 bits per heavy atom. The first-order chi connectivity index (χ1) is 28.9. The second-order valence-corrected chi connectivity index (χ2v) is 18.0. The zero-order chi connectivity index (χ0) is 44.1. The summed E-state index contributed by atoms with van der Waals surface area (Å²) in [5.74, 6) is 0.161. The van der Waals surface area contributed by atoms with Crippen molar-refractivity contribution in [3.05, 3.63) is 0 Å². The number of esters is 1. The lowest BCUT2D eigenvalue weighted by atomic mass is 9.94. The minimum Gasteiger partial charge on any atom is -0.465 e. The summed E-state index contributed by atoms with van der Waals surface area (Å²) in [6.45, 7) is 14.1. The van der Waals surface area contributed by atoms with E-state index < -0.39 is 6.29 Å². The quantitative estimate of drug-likeness (QED) is 0.0316. The molecule has 0 aromatic carbocycles. The maximum absolute atomic E-state index is 12.8. The third kappa shape index (κ3) is 55.6. The van der Waals surface area contributed by atoms with Gasteiger partial charge in [-0.2, -0.15) is 11.8 Å². The molecule has 0 aliphatic rings. The summed E-state index contributed by atoms with van der Waals surface area (Å²) >= 11 is 1.75. The third-order valence-corrected chi connectivity index (χ3v) is 11.1. The summed E-state index contributed by atoms with van der Waals surface area (Å²) in [6, 6.07) is 0. The Kier molecular flexibility index (Phi) is 61.4. The number of rotatable bonds is 45. The van der Waals surface area contributed by atoms with E-state index in [0.717, 1.165) is 110 Å². The van der Waals surface area contributed by atoms with Gasteiger partial charge in [-0.3, -0.25) is 4.79 Å². The molecule has 2 unspecified atom stereocenters. The number of ether oxygens (including phenoxy) is 2. The van der Waals surface area contributed by atoms with E-state index in [2.05, 4.69) is 32.6 Å². The molecule has 0 aliphatic heterocycles. The summed E-state index contributed by atoms with van der Waals surface area (Å²) in [5, 5.41) is 27.7. The van der Waals surface area contributed by atoms with Gasteiger partial charge in [-0.25, -0.2) is 0 Å². The van der Waals surface area contributed by atoms with Crippen LogP contribution in [0, 0.1) is 5.92 Å². The minimum atomic E-state index is -0.526. The lowest BCUT2D eigenvalue weighted by Crippen LogP contribution is -2.27. The Morgan fingerprint density at radius 1 is 0.458 bits per heavy atom. The number of carbonyl (C=O) groups is 1. The molecule has 0 saturated carbocycles. The van der Waals surface area contributed by atoms with Gasteiger partial charge in [0.05, 0.1) is 12.5 Å². The second kappa shape index (κ2) is 57.6.